The van der Waals surface area contributed by atoms with Crippen LogP contribution < -0.4 is 4.74 Å². The lowest BCUT2D eigenvalue weighted by Gasteiger charge is -2.25. The van der Waals surface area contributed by atoms with Crippen LogP contribution in [0, 0.1) is 0 Å². The predicted molar refractivity (Wildman–Crippen MR) is 71.3 cm³/mol. The Bertz CT molecular complexity index is 492. The van der Waals surface area contributed by atoms with Crippen molar-refractivity contribution in [3.05, 3.63) is 24.3 Å². The fourth-order valence-electron chi connectivity index (χ4n) is 1.81. The fourth-order valence-corrected chi connectivity index (χ4v) is 3.11. The average molecular weight is 285 g/mol. The van der Waals surface area contributed by atoms with Gasteiger partial charge in [-0.1, -0.05) is 11.4 Å². The number of rotatable bonds is 5. The first-order chi connectivity index (χ1) is 9.14. The molecule has 1 aliphatic rings. The summed E-state index contributed by atoms with van der Waals surface area (Å²) in [5.41, 5.74) is 0. The molecule has 5 nitrogen and oxygen atoms in total. The normalized spacial score (nSPS) is 17.3. The Labute approximate surface area is 114 Å². The highest BCUT2D eigenvalue weighted by atomic mass is 32.2. The average Bonchev–Trinajstić information content (AvgIpc) is 2.46. The molecule has 0 N–H and O–H groups in total. The van der Waals surface area contributed by atoms with Crippen LogP contribution in [0.3, 0.4) is 0 Å². The minimum absolute atomic E-state index is 0.234. The van der Waals surface area contributed by atoms with Gasteiger partial charge in [-0.05, 0) is 43.5 Å². The second-order valence-corrected chi connectivity index (χ2v) is 6.22. The molecular formula is C13H19NO4S. The minimum Gasteiger partial charge on any atom is -0.494 e. The standard InChI is InChI=1S/C13H19NO4S/c1-2-10-17-12-5-7-13(8-6-12)19(15,16)14-9-3-4-11-18-14/h5-8H,2-4,9-11H2,1H3. The van der Waals surface area contributed by atoms with Gasteiger partial charge >= 0.3 is 0 Å². The van der Waals surface area contributed by atoms with Gasteiger partial charge in [-0.2, -0.15) is 0 Å². The van der Waals surface area contributed by atoms with Crippen molar-refractivity contribution in [2.45, 2.75) is 31.1 Å². The highest BCUT2D eigenvalue weighted by molar-refractivity contribution is 7.89. The summed E-state index contributed by atoms with van der Waals surface area (Å²) in [6.45, 7) is 3.52. The SMILES string of the molecule is CCCOc1ccc(S(=O)(=O)N2CCCCO2)cc1. The molecule has 0 unspecified atom stereocenters. The summed E-state index contributed by atoms with van der Waals surface area (Å²) in [6, 6.07) is 6.45. The molecule has 1 heterocycles. The van der Waals surface area contributed by atoms with Gasteiger partial charge in [0, 0.05) is 6.54 Å². The molecule has 1 aromatic carbocycles. The van der Waals surface area contributed by atoms with Gasteiger partial charge in [-0.15, -0.1) is 0 Å². The van der Waals surface area contributed by atoms with E-state index in [1.54, 1.807) is 24.3 Å². The molecule has 0 spiro atoms. The molecule has 0 aromatic heterocycles. The maximum absolute atomic E-state index is 12.3. The van der Waals surface area contributed by atoms with Gasteiger partial charge < -0.3 is 4.74 Å². The Morgan fingerprint density at radius 2 is 2.00 bits per heavy atom. The third-order valence-corrected chi connectivity index (χ3v) is 4.52. The van der Waals surface area contributed by atoms with Crippen molar-refractivity contribution in [1.29, 1.82) is 0 Å². The summed E-state index contributed by atoms with van der Waals surface area (Å²) in [4.78, 5) is 5.44. The third-order valence-electron chi connectivity index (χ3n) is 2.83. The smallest absolute Gasteiger partial charge is 0.265 e. The van der Waals surface area contributed by atoms with Gasteiger partial charge in [0.1, 0.15) is 5.75 Å². The second-order valence-electron chi connectivity index (χ2n) is 4.39. The van der Waals surface area contributed by atoms with Gasteiger partial charge in [0.05, 0.1) is 18.1 Å². The molecule has 1 aliphatic heterocycles. The summed E-state index contributed by atoms with van der Waals surface area (Å²) in [5.74, 6) is 0.681. The number of benzene rings is 1. The summed E-state index contributed by atoms with van der Waals surface area (Å²) in [5, 5.41) is 0. The van der Waals surface area contributed by atoms with Gasteiger partial charge in [0.25, 0.3) is 10.0 Å². The first kappa shape index (κ1) is 14.3. The van der Waals surface area contributed by atoms with Crippen LogP contribution in [0.1, 0.15) is 26.2 Å². The summed E-state index contributed by atoms with van der Waals surface area (Å²) in [6.07, 6.45) is 2.65. The van der Waals surface area contributed by atoms with Gasteiger partial charge in [-0.25, -0.2) is 8.42 Å². The van der Waals surface area contributed by atoms with E-state index in [1.165, 1.54) is 0 Å². The molecule has 0 amide bonds. The van der Waals surface area contributed by atoms with Crippen LogP contribution in [-0.4, -0.2) is 32.6 Å². The van der Waals surface area contributed by atoms with Gasteiger partial charge in [-0.3, -0.25) is 4.84 Å². The topological polar surface area (TPSA) is 55.8 Å². The van der Waals surface area contributed by atoms with Crippen LogP contribution in [-0.2, 0) is 14.9 Å². The molecule has 106 valence electrons. The highest BCUT2D eigenvalue weighted by Gasteiger charge is 2.27. The molecule has 1 aromatic rings. The van der Waals surface area contributed by atoms with E-state index in [-0.39, 0.29) is 4.90 Å². The number of hydroxylamine groups is 1. The van der Waals surface area contributed by atoms with E-state index in [0.717, 1.165) is 23.7 Å². The fraction of sp³-hybridized carbons (Fsp3) is 0.538. The van der Waals surface area contributed by atoms with Crippen molar-refractivity contribution in [2.24, 2.45) is 0 Å². The monoisotopic (exact) mass is 285 g/mol. The maximum Gasteiger partial charge on any atom is 0.265 e. The van der Waals surface area contributed by atoms with Crippen molar-refractivity contribution in [3.63, 3.8) is 0 Å². The molecule has 0 atom stereocenters. The molecule has 1 fully saturated rings. The molecule has 1 saturated heterocycles. The Morgan fingerprint density at radius 3 is 2.58 bits per heavy atom. The lowest BCUT2D eigenvalue weighted by atomic mass is 10.3. The molecular weight excluding hydrogens is 266 g/mol. The van der Waals surface area contributed by atoms with E-state index in [9.17, 15) is 8.42 Å². The second kappa shape index (κ2) is 6.36. The molecule has 2 rings (SSSR count). The lowest BCUT2D eigenvalue weighted by Crippen LogP contribution is -2.35. The van der Waals surface area contributed by atoms with Crippen LogP contribution >= 0.6 is 0 Å². The van der Waals surface area contributed by atoms with Crippen molar-refractivity contribution < 1.29 is 18.0 Å². The lowest BCUT2D eigenvalue weighted by molar-refractivity contribution is -0.108. The van der Waals surface area contributed by atoms with E-state index in [1.807, 2.05) is 6.92 Å². The summed E-state index contributed by atoms with van der Waals surface area (Å²) in [7, 11) is -3.54. The van der Waals surface area contributed by atoms with Crippen LogP contribution in [0.5, 0.6) is 5.75 Å². The summed E-state index contributed by atoms with van der Waals surface area (Å²) >= 11 is 0. The summed E-state index contributed by atoms with van der Waals surface area (Å²) < 4.78 is 31.1. The molecule has 6 heteroatoms. The minimum atomic E-state index is -3.54. The predicted octanol–water partition coefficient (Wildman–Crippen LogP) is 2.19. The Hall–Kier alpha value is -1.11. The van der Waals surface area contributed by atoms with Crippen molar-refractivity contribution >= 4 is 10.0 Å². The van der Waals surface area contributed by atoms with Crippen LogP contribution in [0.25, 0.3) is 0 Å². The van der Waals surface area contributed by atoms with E-state index in [2.05, 4.69) is 0 Å². The first-order valence-electron chi connectivity index (χ1n) is 6.53. The number of ether oxygens (including phenoxy) is 1. The zero-order chi connectivity index (χ0) is 13.7. The number of hydrogen-bond donors (Lipinski definition) is 0. The van der Waals surface area contributed by atoms with Gasteiger partial charge in [0.15, 0.2) is 0 Å². The van der Waals surface area contributed by atoms with E-state index >= 15 is 0 Å². The van der Waals surface area contributed by atoms with E-state index in [0.29, 0.717) is 25.5 Å². The third kappa shape index (κ3) is 3.46. The van der Waals surface area contributed by atoms with E-state index < -0.39 is 10.0 Å². The Kier molecular flexibility index (Phi) is 4.79. The first-order valence-corrected chi connectivity index (χ1v) is 7.97. The van der Waals surface area contributed by atoms with Crippen molar-refractivity contribution in [1.82, 2.24) is 4.47 Å². The van der Waals surface area contributed by atoms with Crippen molar-refractivity contribution in [2.75, 3.05) is 19.8 Å². The number of hydrogen-bond acceptors (Lipinski definition) is 4. The van der Waals surface area contributed by atoms with Crippen LogP contribution in [0.15, 0.2) is 29.2 Å². The zero-order valence-corrected chi connectivity index (χ0v) is 11.9. The molecule has 0 radical (unpaired) electrons. The Balaban J connectivity index is 2.11. The highest BCUT2D eigenvalue weighted by Crippen LogP contribution is 2.22. The molecule has 0 aliphatic carbocycles. The molecule has 19 heavy (non-hydrogen) atoms. The number of nitrogens with zero attached hydrogens (tertiary/aromatic N) is 1. The zero-order valence-electron chi connectivity index (χ0n) is 11.0. The largest absolute Gasteiger partial charge is 0.494 e. The molecule has 0 bridgehead atoms. The number of sulfonamides is 1. The van der Waals surface area contributed by atoms with Gasteiger partial charge in [0.2, 0.25) is 0 Å². The van der Waals surface area contributed by atoms with Crippen LogP contribution in [0.2, 0.25) is 0 Å². The quantitative estimate of drug-likeness (QED) is 0.832. The molecule has 0 saturated carbocycles. The Morgan fingerprint density at radius 1 is 1.26 bits per heavy atom. The maximum atomic E-state index is 12.3. The van der Waals surface area contributed by atoms with Crippen molar-refractivity contribution in [3.8, 4) is 5.75 Å². The van der Waals surface area contributed by atoms with E-state index in [4.69, 9.17) is 9.57 Å². The van der Waals surface area contributed by atoms with Crippen LogP contribution in [0.4, 0.5) is 0 Å².